The van der Waals surface area contributed by atoms with Gasteiger partial charge in [-0.1, -0.05) is 12.1 Å². The summed E-state index contributed by atoms with van der Waals surface area (Å²) in [5, 5.41) is 8.80. The van der Waals surface area contributed by atoms with E-state index in [9.17, 15) is 0 Å². The number of hydrogen-bond acceptors (Lipinski definition) is 2. The predicted molar refractivity (Wildman–Crippen MR) is 67.1 cm³/mol. The molecule has 0 unspecified atom stereocenters. The molecule has 0 heterocycles. The average molecular weight is 223 g/mol. The third kappa shape index (κ3) is 2.64. The van der Waals surface area contributed by atoms with Crippen molar-refractivity contribution in [3.8, 4) is 17.6 Å². The zero-order valence-electron chi connectivity index (χ0n) is 9.90. The average Bonchev–Trinajstić information content (AvgIpc) is 2.34. The van der Waals surface area contributed by atoms with Gasteiger partial charge in [0, 0.05) is 0 Å². The Morgan fingerprint density at radius 2 is 1.71 bits per heavy atom. The van der Waals surface area contributed by atoms with Gasteiger partial charge >= 0.3 is 0 Å². The summed E-state index contributed by atoms with van der Waals surface area (Å²) in [6, 6.07) is 15.2. The molecule has 0 aliphatic heterocycles. The molecule has 2 aromatic carbocycles. The van der Waals surface area contributed by atoms with Crippen LogP contribution in [-0.4, -0.2) is 0 Å². The Morgan fingerprint density at radius 1 is 0.941 bits per heavy atom. The highest BCUT2D eigenvalue weighted by atomic mass is 16.5. The summed E-state index contributed by atoms with van der Waals surface area (Å²) in [6.07, 6.45) is 0. The van der Waals surface area contributed by atoms with Crippen molar-refractivity contribution < 1.29 is 4.74 Å². The molecular formula is C15H13NO. The smallest absolute Gasteiger partial charge is 0.128 e. The van der Waals surface area contributed by atoms with Crippen LogP contribution < -0.4 is 4.74 Å². The van der Waals surface area contributed by atoms with E-state index >= 15 is 0 Å². The second kappa shape index (κ2) is 4.71. The number of hydrogen-bond donors (Lipinski definition) is 0. The third-order valence-corrected chi connectivity index (χ3v) is 2.68. The molecule has 0 amide bonds. The predicted octanol–water partition coefficient (Wildman–Crippen LogP) is 3.97. The standard InChI is InChI=1S/C15H13NO/c1-11-6-7-15(8-12(11)2)17-14-5-3-4-13(9-14)10-16/h3-9H,1-2H3. The van der Waals surface area contributed by atoms with E-state index in [0.29, 0.717) is 11.3 Å². The summed E-state index contributed by atoms with van der Waals surface area (Å²) < 4.78 is 5.71. The molecular weight excluding hydrogens is 210 g/mol. The van der Waals surface area contributed by atoms with Crippen molar-refractivity contribution in [2.45, 2.75) is 13.8 Å². The Hall–Kier alpha value is -2.27. The van der Waals surface area contributed by atoms with Crippen molar-refractivity contribution in [3.05, 3.63) is 59.2 Å². The molecule has 2 heteroatoms. The number of nitriles is 1. The van der Waals surface area contributed by atoms with E-state index in [1.54, 1.807) is 12.1 Å². The van der Waals surface area contributed by atoms with Gasteiger partial charge in [0.25, 0.3) is 0 Å². The molecule has 0 fully saturated rings. The van der Waals surface area contributed by atoms with Gasteiger partial charge in [0.05, 0.1) is 11.6 Å². The molecule has 2 nitrogen and oxygen atoms in total. The van der Waals surface area contributed by atoms with Crippen LogP contribution >= 0.6 is 0 Å². The second-order valence-electron chi connectivity index (χ2n) is 3.99. The molecule has 0 bridgehead atoms. The zero-order valence-corrected chi connectivity index (χ0v) is 9.90. The van der Waals surface area contributed by atoms with Crippen LogP contribution in [0.25, 0.3) is 0 Å². The Morgan fingerprint density at radius 3 is 2.41 bits per heavy atom. The Bertz CT molecular complexity index is 582. The maximum Gasteiger partial charge on any atom is 0.128 e. The van der Waals surface area contributed by atoms with Gasteiger partial charge in [-0.25, -0.2) is 0 Å². The van der Waals surface area contributed by atoms with Gasteiger partial charge in [-0.05, 0) is 55.3 Å². The molecule has 0 aliphatic carbocycles. The molecule has 17 heavy (non-hydrogen) atoms. The van der Waals surface area contributed by atoms with Crippen molar-refractivity contribution in [1.29, 1.82) is 5.26 Å². The summed E-state index contributed by atoms with van der Waals surface area (Å²) in [4.78, 5) is 0. The minimum atomic E-state index is 0.603. The van der Waals surface area contributed by atoms with E-state index < -0.39 is 0 Å². The van der Waals surface area contributed by atoms with Gasteiger partial charge in [0.1, 0.15) is 11.5 Å². The number of aryl methyl sites for hydroxylation is 2. The first-order chi connectivity index (χ1) is 8.19. The summed E-state index contributed by atoms with van der Waals surface area (Å²) >= 11 is 0. The largest absolute Gasteiger partial charge is 0.457 e. The first-order valence-electron chi connectivity index (χ1n) is 5.44. The molecule has 0 N–H and O–H groups in total. The van der Waals surface area contributed by atoms with Crippen LogP contribution in [-0.2, 0) is 0 Å². The summed E-state index contributed by atoms with van der Waals surface area (Å²) in [5.41, 5.74) is 3.04. The van der Waals surface area contributed by atoms with E-state index in [-0.39, 0.29) is 0 Å². The highest BCUT2D eigenvalue weighted by Gasteiger charge is 2.00. The van der Waals surface area contributed by atoms with Crippen molar-refractivity contribution in [2.24, 2.45) is 0 Å². The van der Waals surface area contributed by atoms with Gasteiger partial charge in [0.15, 0.2) is 0 Å². The van der Waals surface area contributed by atoms with Crippen LogP contribution in [0.5, 0.6) is 11.5 Å². The van der Waals surface area contributed by atoms with E-state index in [1.165, 1.54) is 11.1 Å². The SMILES string of the molecule is Cc1ccc(Oc2cccc(C#N)c2)cc1C. The highest BCUT2D eigenvalue weighted by Crippen LogP contribution is 2.24. The number of benzene rings is 2. The highest BCUT2D eigenvalue weighted by molar-refractivity contribution is 5.40. The maximum atomic E-state index is 8.80. The van der Waals surface area contributed by atoms with Crippen LogP contribution in [0.4, 0.5) is 0 Å². The topological polar surface area (TPSA) is 33.0 Å². The number of rotatable bonds is 2. The molecule has 84 valence electrons. The van der Waals surface area contributed by atoms with Gasteiger partial charge in [0.2, 0.25) is 0 Å². The Balaban J connectivity index is 2.25. The van der Waals surface area contributed by atoms with E-state index in [4.69, 9.17) is 10.00 Å². The van der Waals surface area contributed by atoms with Crippen LogP contribution in [0.15, 0.2) is 42.5 Å². The molecule has 0 atom stereocenters. The fourth-order valence-electron chi connectivity index (χ4n) is 1.54. The van der Waals surface area contributed by atoms with Gasteiger partial charge in [-0.3, -0.25) is 0 Å². The fraction of sp³-hybridized carbons (Fsp3) is 0.133. The summed E-state index contributed by atoms with van der Waals surface area (Å²) in [6.45, 7) is 4.11. The molecule has 0 spiro atoms. The minimum absolute atomic E-state index is 0.603. The molecule has 0 aromatic heterocycles. The van der Waals surface area contributed by atoms with E-state index in [1.807, 2.05) is 37.3 Å². The first-order valence-corrected chi connectivity index (χ1v) is 5.44. The number of ether oxygens (including phenoxy) is 1. The lowest BCUT2D eigenvalue weighted by atomic mass is 10.1. The van der Waals surface area contributed by atoms with Crippen LogP contribution in [0.3, 0.4) is 0 Å². The molecule has 0 saturated heterocycles. The zero-order chi connectivity index (χ0) is 12.3. The lowest BCUT2D eigenvalue weighted by Gasteiger charge is -2.07. The first kappa shape index (κ1) is 11.2. The van der Waals surface area contributed by atoms with Crippen molar-refractivity contribution in [1.82, 2.24) is 0 Å². The Kier molecular flexibility index (Phi) is 3.11. The normalized spacial score (nSPS) is 9.71. The van der Waals surface area contributed by atoms with Crippen LogP contribution in [0.1, 0.15) is 16.7 Å². The van der Waals surface area contributed by atoms with Crippen LogP contribution in [0.2, 0.25) is 0 Å². The number of nitrogens with zero attached hydrogens (tertiary/aromatic N) is 1. The van der Waals surface area contributed by atoms with Gasteiger partial charge < -0.3 is 4.74 Å². The van der Waals surface area contributed by atoms with Crippen molar-refractivity contribution in [3.63, 3.8) is 0 Å². The minimum Gasteiger partial charge on any atom is -0.457 e. The molecule has 2 rings (SSSR count). The maximum absolute atomic E-state index is 8.80. The van der Waals surface area contributed by atoms with Crippen molar-refractivity contribution in [2.75, 3.05) is 0 Å². The fourth-order valence-corrected chi connectivity index (χ4v) is 1.54. The monoisotopic (exact) mass is 223 g/mol. The molecule has 0 aliphatic rings. The summed E-state index contributed by atoms with van der Waals surface area (Å²) in [5.74, 6) is 1.48. The lowest BCUT2D eigenvalue weighted by molar-refractivity contribution is 0.482. The molecule has 0 radical (unpaired) electrons. The molecule has 2 aromatic rings. The van der Waals surface area contributed by atoms with E-state index in [2.05, 4.69) is 13.0 Å². The van der Waals surface area contributed by atoms with Crippen LogP contribution in [0, 0.1) is 25.2 Å². The third-order valence-electron chi connectivity index (χ3n) is 2.68. The van der Waals surface area contributed by atoms with Gasteiger partial charge in [-0.15, -0.1) is 0 Å². The summed E-state index contributed by atoms with van der Waals surface area (Å²) in [7, 11) is 0. The van der Waals surface area contributed by atoms with Gasteiger partial charge in [-0.2, -0.15) is 5.26 Å². The quantitative estimate of drug-likeness (QED) is 0.771. The van der Waals surface area contributed by atoms with E-state index in [0.717, 1.165) is 5.75 Å². The Labute approximate surface area is 101 Å². The molecule has 0 saturated carbocycles. The van der Waals surface area contributed by atoms with Crippen molar-refractivity contribution >= 4 is 0 Å². The lowest BCUT2D eigenvalue weighted by Crippen LogP contribution is -1.87. The second-order valence-corrected chi connectivity index (χ2v) is 3.99.